The van der Waals surface area contributed by atoms with Gasteiger partial charge in [-0.05, 0) is 89.6 Å². The highest BCUT2D eigenvalue weighted by Gasteiger charge is 2.33. The van der Waals surface area contributed by atoms with E-state index >= 15 is 4.39 Å². The van der Waals surface area contributed by atoms with Crippen LogP contribution in [-0.4, -0.2) is 74.5 Å². The SMILES string of the molecule is Cc1cc(CN(Cc2cn(C3CC3)c3cc(N4CC[C@@H](O)C4)c(F)cc3c2=O)[C@H]2CCCN(C(=O)OC(C)(C)C)C2)ccn1. The second-order valence-electron chi connectivity index (χ2n) is 13.8. The second kappa shape index (κ2) is 12.1. The molecule has 3 aromatic rings. The highest BCUT2D eigenvalue weighted by Crippen LogP contribution is 2.38. The van der Waals surface area contributed by atoms with Gasteiger partial charge in [-0.2, -0.15) is 0 Å². The van der Waals surface area contributed by atoms with Crippen molar-refractivity contribution in [2.75, 3.05) is 31.1 Å². The van der Waals surface area contributed by atoms with Gasteiger partial charge in [0, 0.05) is 80.4 Å². The molecule has 2 atom stereocenters. The van der Waals surface area contributed by atoms with Gasteiger partial charge in [-0.1, -0.05) is 0 Å². The maximum atomic E-state index is 15.5. The highest BCUT2D eigenvalue weighted by molar-refractivity contribution is 5.84. The number of ether oxygens (including phenoxy) is 1. The van der Waals surface area contributed by atoms with E-state index in [1.165, 1.54) is 6.07 Å². The molecule has 1 aromatic carbocycles. The van der Waals surface area contributed by atoms with Crippen LogP contribution in [0.4, 0.5) is 14.9 Å². The first kappa shape index (κ1) is 30.5. The van der Waals surface area contributed by atoms with Crippen LogP contribution in [0.15, 0.2) is 41.5 Å². The van der Waals surface area contributed by atoms with Crippen molar-refractivity contribution in [1.82, 2.24) is 19.4 Å². The number of piperidine rings is 1. The summed E-state index contributed by atoms with van der Waals surface area (Å²) in [6, 6.07) is 7.51. The summed E-state index contributed by atoms with van der Waals surface area (Å²) in [7, 11) is 0. The minimum absolute atomic E-state index is 0.00918. The van der Waals surface area contributed by atoms with E-state index in [9.17, 15) is 14.7 Å². The van der Waals surface area contributed by atoms with Gasteiger partial charge in [-0.25, -0.2) is 9.18 Å². The van der Waals surface area contributed by atoms with Gasteiger partial charge < -0.3 is 24.2 Å². The Labute approximate surface area is 258 Å². The lowest BCUT2D eigenvalue weighted by Crippen LogP contribution is -2.50. The number of aryl methyl sites for hydroxylation is 1. The third-order valence-corrected chi connectivity index (χ3v) is 8.90. The zero-order valence-corrected chi connectivity index (χ0v) is 26.3. The van der Waals surface area contributed by atoms with Crippen LogP contribution in [0.25, 0.3) is 10.9 Å². The topological polar surface area (TPSA) is 91.1 Å². The van der Waals surface area contributed by atoms with E-state index in [4.69, 9.17) is 4.74 Å². The number of fused-ring (bicyclic) bond motifs is 1. The number of carbonyl (C=O) groups excluding carboxylic acids is 1. The molecule has 9 nitrogen and oxygen atoms in total. The van der Waals surface area contributed by atoms with E-state index in [2.05, 4.69) is 20.5 Å². The first-order valence-electron chi connectivity index (χ1n) is 15.9. The van der Waals surface area contributed by atoms with Crippen LogP contribution < -0.4 is 10.3 Å². The number of amides is 1. The van der Waals surface area contributed by atoms with Gasteiger partial charge in [0.05, 0.1) is 17.3 Å². The number of carbonyl (C=O) groups is 1. The molecule has 0 bridgehead atoms. The predicted octanol–water partition coefficient (Wildman–Crippen LogP) is 5.15. The number of benzene rings is 1. The van der Waals surface area contributed by atoms with E-state index in [0.717, 1.165) is 42.5 Å². The van der Waals surface area contributed by atoms with Gasteiger partial charge in [0.15, 0.2) is 5.43 Å². The Morgan fingerprint density at radius 1 is 1.11 bits per heavy atom. The number of aliphatic hydroxyl groups excluding tert-OH is 1. The van der Waals surface area contributed by atoms with Crippen molar-refractivity contribution in [3.05, 3.63) is 69.5 Å². The van der Waals surface area contributed by atoms with Gasteiger partial charge in [-0.15, -0.1) is 0 Å². The predicted molar refractivity (Wildman–Crippen MR) is 168 cm³/mol. The number of rotatable bonds is 7. The molecule has 1 aliphatic carbocycles. The minimum atomic E-state index is -0.582. The minimum Gasteiger partial charge on any atom is -0.444 e. The summed E-state index contributed by atoms with van der Waals surface area (Å²) >= 11 is 0. The molecule has 0 spiro atoms. The van der Waals surface area contributed by atoms with Crippen LogP contribution in [-0.2, 0) is 17.8 Å². The molecule has 2 aromatic heterocycles. The molecule has 2 aliphatic heterocycles. The fourth-order valence-corrected chi connectivity index (χ4v) is 6.60. The fourth-order valence-electron chi connectivity index (χ4n) is 6.60. The van der Waals surface area contributed by atoms with Crippen molar-refractivity contribution in [2.45, 2.75) is 96.7 Å². The maximum absolute atomic E-state index is 15.5. The number of halogens is 1. The number of hydrogen-bond donors (Lipinski definition) is 1. The lowest BCUT2D eigenvalue weighted by atomic mass is 10.0. The average molecular weight is 606 g/mol. The highest BCUT2D eigenvalue weighted by atomic mass is 19.1. The summed E-state index contributed by atoms with van der Waals surface area (Å²) in [5.74, 6) is -0.437. The second-order valence-corrected chi connectivity index (χ2v) is 13.8. The molecule has 0 radical (unpaired) electrons. The molecule has 236 valence electrons. The van der Waals surface area contributed by atoms with Crippen LogP contribution in [0.3, 0.4) is 0 Å². The first-order chi connectivity index (χ1) is 20.9. The van der Waals surface area contributed by atoms with E-state index in [-0.39, 0.29) is 23.6 Å². The third-order valence-electron chi connectivity index (χ3n) is 8.90. The molecule has 3 aliphatic rings. The van der Waals surface area contributed by atoms with Gasteiger partial charge in [0.1, 0.15) is 11.4 Å². The molecule has 44 heavy (non-hydrogen) atoms. The summed E-state index contributed by atoms with van der Waals surface area (Å²) in [5.41, 5.74) is 3.05. The third kappa shape index (κ3) is 6.76. The fraction of sp³-hybridized carbons (Fsp3) is 0.559. The Morgan fingerprint density at radius 3 is 2.59 bits per heavy atom. The normalized spacial score (nSPS) is 21.0. The van der Waals surface area contributed by atoms with Gasteiger partial charge in [0.25, 0.3) is 0 Å². The van der Waals surface area contributed by atoms with Crippen molar-refractivity contribution < 1.29 is 19.0 Å². The van der Waals surface area contributed by atoms with Crippen LogP contribution in [0.2, 0.25) is 0 Å². The first-order valence-corrected chi connectivity index (χ1v) is 15.9. The molecule has 1 saturated carbocycles. The number of hydrogen-bond acceptors (Lipinski definition) is 7. The molecular formula is C34H44FN5O4. The van der Waals surface area contributed by atoms with Crippen LogP contribution in [0.5, 0.6) is 0 Å². The number of anilines is 1. The van der Waals surface area contributed by atoms with Crippen LogP contribution in [0.1, 0.15) is 75.7 Å². The van der Waals surface area contributed by atoms with E-state index in [1.54, 1.807) is 17.2 Å². The van der Waals surface area contributed by atoms with Crippen molar-refractivity contribution in [3.63, 3.8) is 0 Å². The Morgan fingerprint density at radius 2 is 1.91 bits per heavy atom. The number of pyridine rings is 2. The molecule has 1 amide bonds. The molecule has 6 rings (SSSR count). The monoisotopic (exact) mass is 605 g/mol. The molecular weight excluding hydrogens is 561 g/mol. The van der Waals surface area contributed by atoms with Gasteiger partial charge in [0.2, 0.25) is 0 Å². The Kier molecular flexibility index (Phi) is 8.41. The summed E-state index contributed by atoms with van der Waals surface area (Å²) in [6.45, 7) is 10.6. The summed E-state index contributed by atoms with van der Waals surface area (Å²) < 4.78 is 23.4. The molecule has 2 saturated heterocycles. The van der Waals surface area contributed by atoms with E-state index < -0.39 is 17.5 Å². The van der Waals surface area contributed by atoms with Crippen LogP contribution in [0, 0.1) is 12.7 Å². The molecule has 0 unspecified atom stereocenters. The Bertz CT molecular complexity index is 1600. The number of aliphatic hydroxyl groups is 1. The summed E-state index contributed by atoms with van der Waals surface area (Å²) in [4.78, 5) is 37.4. The van der Waals surface area contributed by atoms with E-state index in [1.807, 2.05) is 44.9 Å². The van der Waals surface area contributed by atoms with Gasteiger partial charge >= 0.3 is 6.09 Å². The lowest BCUT2D eigenvalue weighted by Gasteiger charge is -2.40. The van der Waals surface area contributed by atoms with Crippen molar-refractivity contribution in [3.8, 4) is 0 Å². The smallest absolute Gasteiger partial charge is 0.410 e. The summed E-state index contributed by atoms with van der Waals surface area (Å²) in [5, 5.41) is 10.4. The largest absolute Gasteiger partial charge is 0.444 e. The quantitative estimate of drug-likeness (QED) is 0.398. The average Bonchev–Trinajstić information content (AvgIpc) is 3.72. The Balaban J connectivity index is 1.35. The standard InChI is InChI=1S/C34H44FN5O4/c1-22-14-23(9-11-36-22)17-39(26-6-5-12-38(20-26)33(43)44-34(2,3)4)18-24-19-40(25-7-8-25)30-16-31(37-13-10-27(41)21-37)29(35)15-28(30)32(24)42/h9,11,14-16,19,25-27,41H,5-8,10,12-13,17-18,20-21H2,1-4H3/t26-,27+/m0/s1. The maximum Gasteiger partial charge on any atom is 0.410 e. The number of likely N-dealkylation sites (tertiary alicyclic amines) is 1. The van der Waals surface area contributed by atoms with Crippen molar-refractivity contribution in [2.24, 2.45) is 0 Å². The molecule has 3 fully saturated rings. The van der Waals surface area contributed by atoms with Crippen LogP contribution >= 0.6 is 0 Å². The number of aromatic nitrogens is 2. The van der Waals surface area contributed by atoms with Crippen molar-refractivity contribution in [1.29, 1.82) is 0 Å². The molecule has 4 heterocycles. The summed E-state index contributed by atoms with van der Waals surface area (Å²) in [6.07, 6.45) is 7.33. The zero-order chi connectivity index (χ0) is 31.2. The van der Waals surface area contributed by atoms with E-state index in [0.29, 0.717) is 62.3 Å². The molecule has 1 N–H and O–H groups in total. The Hall–Kier alpha value is -3.50. The van der Waals surface area contributed by atoms with Gasteiger partial charge in [-0.3, -0.25) is 14.7 Å². The number of β-amino-alcohol motifs (C(OH)–C–C–N with tert-alkyl or cyclic N) is 1. The lowest BCUT2D eigenvalue weighted by molar-refractivity contribution is 0.00888. The number of nitrogens with zero attached hydrogens (tertiary/aromatic N) is 5. The zero-order valence-electron chi connectivity index (χ0n) is 26.3. The van der Waals surface area contributed by atoms with Crippen molar-refractivity contribution >= 4 is 22.7 Å². The molecule has 10 heteroatoms.